The molecule has 1 fully saturated rings. The molecule has 0 bridgehead atoms. The maximum atomic E-state index is 12.0. The second-order valence-corrected chi connectivity index (χ2v) is 5.41. The number of primary amides is 1. The number of piperidine rings is 1. The minimum Gasteiger partial charge on any atom is -0.369 e. The van der Waals surface area contributed by atoms with Crippen molar-refractivity contribution in [3.8, 4) is 0 Å². The Morgan fingerprint density at radius 1 is 1.40 bits per heavy atom. The van der Waals surface area contributed by atoms with Crippen LogP contribution in [-0.2, 0) is 9.59 Å². The number of carbonyl (C=O) groups is 2. The summed E-state index contributed by atoms with van der Waals surface area (Å²) >= 11 is 5.99. The largest absolute Gasteiger partial charge is 0.369 e. The lowest BCUT2D eigenvalue weighted by molar-refractivity contribution is -0.125. The highest BCUT2D eigenvalue weighted by molar-refractivity contribution is 6.33. The van der Waals surface area contributed by atoms with Crippen LogP contribution in [0.25, 0.3) is 0 Å². The van der Waals surface area contributed by atoms with Gasteiger partial charge < -0.3 is 11.1 Å². The van der Waals surface area contributed by atoms with Gasteiger partial charge in [-0.2, -0.15) is 0 Å². The lowest BCUT2D eigenvalue weighted by atomic mass is 9.97. The number of hydrogen-bond acceptors (Lipinski definition) is 3. The summed E-state index contributed by atoms with van der Waals surface area (Å²) in [6, 6.07) is 7.09. The molecule has 0 aliphatic carbocycles. The number of halogens is 1. The van der Waals surface area contributed by atoms with Gasteiger partial charge in [-0.1, -0.05) is 23.7 Å². The van der Waals surface area contributed by atoms with E-state index >= 15 is 0 Å². The highest BCUT2D eigenvalue weighted by atomic mass is 35.5. The molecule has 2 rings (SSSR count). The number of nitrogens with zero attached hydrogens (tertiary/aromatic N) is 1. The van der Waals surface area contributed by atoms with Crippen molar-refractivity contribution >= 4 is 29.1 Å². The van der Waals surface area contributed by atoms with E-state index in [1.54, 1.807) is 18.2 Å². The molecular weight excluding hydrogens is 278 g/mol. The minimum absolute atomic E-state index is 0.136. The molecule has 1 aliphatic heterocycles. The Morgan fingerprint density at radius 2 is 2.15 bits per heavy atom. The molecule has 1 atom stereocenters. The van der Waals surface area contributed by atoms with Gasteiger partial charge in [0.05, 0.1) is 23.2 Å². The van der Waals surface area contributed by atoms with Crippen LogP contribution in [0.4, 0.5) is 5.69 Å². The Bertz CT molecular complexity index is 507. The van der Waals surface area contributed by atoms with E-state index in [0.717, 1.165) is 19.4 Å². The Kier molecular flexibility index (Phi) is 4.98. The molecular formula is C14H18ClN3O2. The monoisotopic (exact) mass is 295 g/mol. The highest BCUT2D eigenvalue weighted by Crippen LogP contribution is 2.21. The van der Waals surface area contributed by atoms with E-state index in [4.69, 9.17) is 17.3 Å². The molecule has 0 spiro atoms. The van der Waals surface area contributed by atoms with Gasteiger partial charge in [0.1, 0.15) is 0 Å². The van der Waals surface area contributed by atoms with Gasteiger partial charge in [-0.05, 0) is 31.5 Å². The number of rotatable bonds is 4. The third-order valence-electron chi connectivity index (χ3n) is 3.42. The minimum atomic E-state index is -0.291. The van der Waals surface area contributed by atoms with Gasteiger partial charge in [0.2, 0.25) is 11.8 Å². The summed E-state index contributed by atoms with van der Waals surface area (Å²) in [4.78, 5) is 25.1. The van der Waals surface area contributed by atoms with Crippen LogP contribution in [0.2, 0.25) is 5.02 Å². The predicted molar refractivity (Wildman–Crippen MR) is 78.4 cm³/mol. The van der Waals surface area contributed by atoms with Crippen LogP contribution in [0.5, 0.6) is 0 Å². The molecule has 1 heterocycles. The number of hydrogen-bond donors (Lipinski definition) is 2. The molecule has 2 amide bonds. The van der Waals surface area contributed by atoms with Crippen LogP contribution in [0.1, 0.15) is 12.8 Å². The number of likely N-dealkylation sites (tertiary alicyclic amines) is 1. The second-order valence-electron chi connectivity index (χ2n) is 5.00. The van der Waals surface area contributed by atoms with E-state index in [9.17, 15) is 9.59 Å². The SMILES string of the molecule is NC(=O)[C@H]1CCCN(CC(=O)Nc2ccccc2Cl)C1. The summed E-state index contributed by atoms with van der Waals surface area (Å²) in [6.07, 6.45) is 1.69. The maximum absolute atomic E-state index is 12.0. The van der Waals surface area contributed by atoms with Crippen LogP contribution >= 0.6 is 11.6 Å². The molecule has 1 aromatic rings. The van der Waals surface area contributed by atoms with Crippen molar-refractivity contribution in [2.45, 2.75) is 12.8 Å². The van der Waals surface area contributed by atoms with Crippen LogP contribution < -0.4 is 11.1 Å². The predicted octanol–water partition coefficient (Wildman–Crippen LogP) is 1.48. The van der Waals surface area contributed by atoms with E-state index in [1.807, 2.05) is 11.0 Å². The molecule has 1 aliphatic rings. The molecule has 6 heteroatoms. The number of benzene rings is 1. The number of anilines is 1. The average Bonchev–Trinajstić information content (AvgIpc) is 2.41. The maximum Gasteiger partial charge on any atom is 0.238 e. The fourth-order valence-electron chi connectivity index (χ4n) is 2.39. The molecule has 0 aromatic heterocycles. The highest BCUT2D eigenvalue weighted by Gasteiger charge is 2.25. The smallest absolute Gasteiger partial charge is 0.238 e. The van der Waals surface area contributed by atoms with E-state index in [1.165, 1.54) is 0 Å². The van der Waals surface area contributed by atoms with Gasteiger partial charge in [0.25, 0.3) is 0 Å². The van der Waals surface area contributed by atoms with Crippen molar-refractivity contribution < 1.29 is 9.59 Å². The fraction of sp³-hybridized carbons (Fsp3) is 0.429. The first-order valence-corrected chi connectivity index (χ1v) is 7.00. The van der Waals surface area contributed by atoms with Gasteiger partial charge in [-0.25, -0.2) is 0 Å². The number of nitrogens with one attached hydrogen (secondary N) is 1. The molecule has 5 nitrogen and oxygen atoms in total. The number of amides is 2. The summed E-state index contributed by atoms with van der Waals surface area (Å²) in [7, 11) is 0. The summed E-state index contributed by atoms with van der Waals surface area (Å²) in [5.74, 6) is -0.582. The van der Waals surface area contributed by atoms with Crippen LogP contribution in [0, 0.1) is 5.92 Å². The molecule has 3 N–H and O–H groups in total. The van der Waals surface area contributed by atoms with Crippen molar-refractivity contribution in [3.05, 3.63) is 29.3 Å². The van der Waals surface area contributed by atoms with Crippen molar-refractivity contribution in [3.63, 3.8) is 0 Å². The summed E-state index contributed by atoms with van der Waals surface area (Å²) in [5, 5.41) is 3.28. The molecule has 20 heavy (non-hydrogen) atoms. The van der Waals surface area contributed by atoms with Crippen LogP contribution in [0.15, 0.2) is 24.3 Å². The zero-order valence-corrected chi connectivity index (χ0v) is 11.9. The third kappa shape index (κ3) is 3.95. The lowest BCUT2D eigenvalue weighted by Crippen LogP contribution is -2.44. The summed E-state index contributed by atoms with van der Waals surface area (Å²) in [6.45, 7) is 1.60. The second kappa shape index (κ2) is 6.72. The van der Waals surface area contributed by atoms with Crippen LogP contribution in [0.3, 0.4) is 0 Å². The van der Waals surface area contributed by atoms with Crippen molar-refractivity contribution in [1.82, 2.24) is 4.90 Å². The molecule has 1 aromatic carbocycles. The average molecular weight is 296 g/mol. The standard InChI is InChI=1S/C14H18ClN3O2/c15-11-5-1-2-6-12(11)17-13(19)9-18-7-3-4-10(8-18)14(16)20/h1-2,5-6,10H,3-4,7-9H2,(H2,16,20)(H,17,19)/t10-/m0/s1. The Morgan fingerprint density at radius 3 is 2.85 bits per heavy atom. The van der Waals surface area contributed by atoms with E-state index < -0.39 is 0 Å². The molecule has 1 saturated heterocycles. The summed E-state index contributed by atoms with van der Waals surface area (Å²) in [5.41, 5.74) is 5.92. The van der Waals surface area contributed by atoms with E-state index in [-0.39, 0.29) is 24.3 Å². The molecule has 108 valence electrons. The van der Waals surface area contributed by atoms with Crippen molar-refractivity contribution in [2.24, 2.45) is 11.7 Å². The zero-order valence-electron chi connectivity index (χ0n) is 11.1. The van der Waals surface area contributed by atoms with Gasteiger partial charge >= 0.3 is 0 Å². The number of nitrogens with two attached hydrogens (primary N) is 1. The fourth-order valence-corrected chi connectivity index (χ4v) is 2.57. The first kappa shape index (κ1) is 14.8. The molecule has 0 radical (unpaired) electrons. The first-order chi connectivity index (χ1) is 9.56. The van der Waals surface area contributed by atoms with Gasteiger partial charge in [0.15, 0.2) is 0 Å². The number of para-hydroxylation sites is 1. The van der Waals surface area contributed by atoms with Gasteiger partial charge in [-0.15, -0.1) is 0 Å². The normalized spacial score (nSPS) is 19.6. The summed E-state index contributed by atoms with van der Waals surface area (Å²) < 4.78 is 0. The van der Waals surface area contributed by atoms with Crippen LogP contribution in [-0.4, -0.2) is 36.3 Å². The first-order valence-electron chi connectivity index (χ1n) is 6.62. The van der Waals surface area contributed by atoms with Crippen molar-refractivity contribution in [2.75, 3.05) is 25.0 Å². The Balaban J connectivity index is 1.88. The number of carbonyl (C=O) groups excluding carboxylic acids is 2. The topological polar surface area (TPSA) is 75.4 Å². The van der Waals surface area contributed by atoms with E-state index in [2.05, 4.69) is 5.32 Å². The third-order valence-corrected chi connectivity index (χ3v) is 3.75. The Hall–Kier alpha value is -1.59. The van der Waals surface area contributed by atoms with Gasteiger partial charge in [-0.3, -0.25) is 14.5 Å². The van der Waals surface area contributed by atoms with Crippen molar-refractivity contribution in [1.29, 1.82) is 0 Å². The Labute approximate surface area is 123 Å². The quantitative estimate of drug-likeness (QED) is 0.883. The molecule has 0 saturated carbocycles. The zero-order chi connectivity index (χ0) is 14.5. The lowest BCUT2D eigenvalue weighted by Gasteiger charge is -2.30. The van der Waals surface area contributed by atoms with Gasteiger partial charge in [0, 0.05) is 6.54 Å². The van der Waals surface area contributed by atoms with E-state index in [0.29, 0.717) is 17.3 Å². The molecule has 0 unspecified atom stereocenters.